The third-order valence-electron chi connectivity index (χ3n) is 2.14. The van der Waals surface area contributed by atoms with E-state index in [-0.39, 0.29) is 11.5 Å². The van der Waals surface area contributed by atoms with Crippen molar-refractivity contribution in [2.45, 2.75) is 0 Å². The maximum absolute atomic E-state index is 11.0. The van der Waals surface area contributed by atoms with E-state index in [0.717, 1.165) is 0 Å². The molecule has 16 heavy (non-hydrogen) atoms. The average molecular weight is 218 g/mol. The first-order chi connectivity index (χ1) is 7.58. The summed E-state index contributed by atoms with van der Waals surface area (Å²) >= 11 is 0. The van der Waals surface area contributed by atoms with Gasteiger partial charge in [-0.2, -0.15) is 5.10 Å². The van der Waals surface area contributed by atoms with Gasteiger partial charge in [-0.3, -0.25) is 4.68 Å². The Bertz CT molecular complexity index is 548. The number of hydrogen-bond acceptors (Lipinski definition) is 4. The molecule has 0 saturated carbocycles. The number of carbonyl (C=O) groups is 1. The van der Waals surface area contributed by atoms with Crippen molar-refractivity contribution in [3.63, 3.8) is 0 Å². The first kappa shape index (κ1) is 10.2. The lowest BCUT2D eigenvalue weighted by Crippen LogP contribution is -2.05. The van der Waals surface area contributed by atoms with Crippen LogP contribution in [0.1, 0.15) is 10.5 Å². The normalized spacial score (nSPS) is 10.3. The highest BCUT2D eigenvalue weighted by Gasteiger charge is 2.14. The van der Waals surface area contributed by atoms with Crippen LogP contribution in [0.2, 0.25) is 0 Å². The van der Waals surface area contributed by atoms with Crippen LogP contribution in [0.5, 0.6) is 0 Å². The molecule has 0 saturated heterocycles. The first-order valence-corrected chi connectivity index (χ1v) is 4.57. The number of carboxylic acid groups (broad SMARTS) is 1. The molecular weight excluding hydrogens is 208 g/mol. The van der Waals surface area contributed by atoms with Crippen LogP contribution in [0, 0.1) is 0 Å². The van der Waals surface area contributed by atoms with Crippen LogP contribution < -0.4 is 5.73 Å². The summed E-state index contributed by atoms with van der Waals surface area (Å²) in [5.74, 6) is -0.920. The monoisotopic (exact) mass is 218 g/mol. The standard InChI is InChI=1S/C10H10N4O2/c1-14-5-6(4-12-14)7-2-3-8(11)13-9(7)10(15)16/h2-5H,1H3,(H2,11,13)(H,15,16). The Labute approximate surface area is 91.3 Å². The summed E-state index contributed by atoms with van der Waals surface area (Å²) in [6.07, 6.45) is 3.30. The summed E-state index contributed by atoms with van der Waals surface area (Å²) in [6, 6.07) is 3.19. The van der Waals surface area contributed by atoms with Crippen molar-refractivity contribution < 1.29 is 9.90 Å². The minimum Gasteiger partial charge on any atom is -0.476 e. The van der Waals surface area contributed by atoms with Crippen molar-refractivity contribution in [2.24, 2.45) is 7.05 Å². The predicted octanol–water partition coefficient (Wildman–Crippen LogP) is 0.762. The van der Waals surface area contributed by atoms with E-state index in [2.05, 4.69) is 10.1 Å². The zero-order chi connectivity index (χ0) is 11.7. The molecule has 6 nitrogen and oxygen atoms in total. The Morgan fingerprint density at radius 2 is 2.25 bits per heavy atom. The Balaban J connectivity index is 2.60. The van der Waals surface area contributed by atoms with Crippen LogP contribution >= 0.6 is 0 Å². The van der Waals surface area contributed by atoms with Gasteiger partial charge in [0.05, 0.1) is 6.20 Å². The van der Waals surface area contributed by atoms with Crippen molar-refractivity contribution >= 4 is 11.8 Å². The lowest BCUT2D eigenvalue weighted by Gasteiger charge is -2.03. The summed E-state index contributed by atoms with van der Waals surface area (Å²) in [5.41, 5.74) is 6.60. The summed E-state index contributed by atoms with van der Waals surface area (Å²) < 4.78 is 1.59. The van der Waals surface area contributed by atoms with Crippen LogP contribution in [0.4, 0.5) is 5.82 Å². The number of pyridine rings is 1. The molecule has 0 fully saturated rings. The fourth-order valence-electron chi connectivity index (χ4n) is 1.43. The van der Waals surface area contributed by atoms with E-state index in [1.165, 1.54) is 0 Å². The average Bonchev–Trinajstić information content (AvgIpc) is 2.64. The van der Waals surface area contributed by atoms with Gasteiger partial charge in [-0.15, -0.1) is 0 Å². The second-order valence-corrected chi connectivity index (χ2v) is 3.34. The highest BCUT2D eigenvalue weighted by atomic mass is 16.4. The molecule has 0 aromatic carbocycles. The number of rotatable bonds is 2. The molecule has 82 valence electrons. The third kappa shape index (κ3) is 1.72. The second-order valence-electron chi connectivity index (χ2n) is 3.34. The maximum atomic E-state index is 11.0. The van der Waals surface area contributed by atoms with Gasteiger partial charge in [0.2, 0.25) is 0 Å². The first-order valence-electron chi connectivity index (χ1n) is 4.57. The quantitative estimate of drug-likeness (QED) is 0.776. The number of nitrogen functional groups attached to an aromatic ring is 1. The molecular formula is C10H10N4O2. The van der Waals surface area contributed by atoms with Gasteiger partial charge < -0.3 is 10.8 Å². The lowest BCUT2D eigenvalue weighted by molar-refractivity contribution is 0.0691. The SMILES string of the molecule is Cn1cc(-c2ccc(N)nc2C(=O)O)cn1. The van der Waals surface area contributed by atoms with Gasteiger partial charge in [-0.25, -0.2) is 9.78 Å². The Kier molecular flexibility index (Phi) is 2.32. The van der Waals surface area contributed by atoms with Crippen molar-refractivity contribution in [1.82, 2.24) is 14.8 Å². The molecule has 0 bridgehead atoms. The van der Waals surface area contributed by atoms with E-state index in [4.69, 9.17) is 10.8 Å². The molecule has 0 unspecified atom stereocenters. The molecule has 2 heterocycles. The highest BCUT2D eigenvalue weighted by molar-refractivity contribution is 5.94. The van der Waals surface area contributed by atoms with E-state index >= 15 is 0 Å². The van der Waals surface area contributed by atoms with Crippen LogP contribution in [0.15, 0.2) is 24.5 Å². The number of anilines is 1. The van der Waals surface area contributed by atoms with E-state index < -0.39 is 5.97 Å². The number of nitrogens with zero attached hydrogens (tertiary/aromatic N) is 3. The Morgan fingerprint density at radius 3 is 2.81 bits per heavy atom. The lowest BCUT2D eigenvalue weighted by atomic mass is 10.1. The number of aryl methyl sites for hydroxylation is 1. The fourth-order valence-corrected chi connectivity index (χ4v) is 1.43. The number of aromatic nitrogens is 3. The maximum Gasteiger partial charge on any atom is 0.355 e. The van der Waals surface area contributed by atoms with Gasteiger partial charge in [0.25, 0.3) is 0 Å². The zero-order valence-electron chi connectivity index (χ0n) is 8.58. The molecule has 0 amide bonds. The van der Waals surface area contributed by atoms with E-state index in [1.807, 2.05) is 0 Å². The minimum absolute atomic E-state index is 0.0620. The molecule has 0 atom stereocenters. The van der Waals surface area contributed by atoms with E-state index in [0.29, 0.717) is 11.1 Å². The van der Waals surface area contributed by atoms with Gasteiger partial charge in [-0.1, -0.05) is 0 Å². The fraction of sp³-hybridized carbons (Fsp3) is 0.100. The molecule has 2 aromatic rings. The number of carboxylic acids is 1. The van der Waals surface area contributed by atoms with Crippen molar-refractivity contribution in [3.05, 3.63) is 30.2 Å². The van der Waals surface area contributed by atoms with Gasteiger partial charge in [0.15, 0.2) is 5.69 Å². The number of aromatic carboxylic acids is 1. The topological polar surface area (TPSA) is 94.0 Å². The van der Waals surface area contributed by atoms with Crippen molar-refractivity contribution in [2.75, 3.05) is 5.73 Å². The van der Waals surface area contributed by atoms with Crippen LogP contribution in [0.25, 0.3) is 11.1 Å². The van der Waals surface area contributed by atoms with Crippen LogP contribution in [-0.2, 0) is 7.05 Å². The number of nitrogens with two attached hydrogens (primary N) is 1. The molecule has 2 aromatic heterocycles. The highest BCUT2D eigenvalue weighted by Crippen LogP contribution is 2.22. The number of hydrogen-bond donors (Lipinski definition) is 2. The minimum atomic E-state index is -1.11. The molecule has 2 rings (SSSR count). The predicted molar refractivity (Wildman–Crippen MR) is 57.8 cm³/mol. The molecule has 0 spiro atoms. The largest absolute Gasteiger partial charge is 0.476 e. The summed E-state index contributed by atoms with van der Waals surface area (Å²) in [4.78, 5) is 14.8. The molecule has 0 radical (unpaired) electrons. The molecule has 0 aliphatic heterocycles. The second kappa shape index (κ2) is 3.65. The molecule has 6 heteroatoms. The van der Waals surface area contributed by atoms with Gasteiger partial charge >= 0.3 is 5.97 Å². The summed E-state index contributed by atoms with van der Waals surface area (Å²) in [6.45, 7) is 0. The van der Waals surface area contributed by atoms with Gasteiger partial charge in [0, 0.05) is 24.4 Å². The molecule has 0 aliphatic carbocycles. The Morgan fingerprint density at radius 1 is 1.50 bits per heavy atom. The Hall–Kier alpha value is -2.37. The van der Waals surface area contributed by atoms with Crippen molar-refractivity contribution in [1.29, 1.82) is 0 Å². The smallest absolute Gasteiger partial charge is 0.355 e. The van der Waals surface area contributed by atoms with E-state index in [9.17, 15) is 4.79 Å². The van der Waals surface area contributed by atoms with Gasteiger partial charge in [0.1, 0.15) is 5.82 Å². The zero-order valence-corrected chi connectivity index (χ0v) is 8.58. The van der Waals surface area contributed by atoms with Crippen molar-refractivity contribution in [3.8, 4) is 11.1 Å². The van der Waals surface area contributed by atoms with Crippen LogP contribution in [-0.4, -0.2) is 25.8 Å². The molecule has 0 aliphatic rings. The molecule has 3 N–H and O–H groups in total. The third-order valence-corrected chi connectivity index (χ3v) is 2.14. The van der Waals surface area contributed by atoms with Gasteiger partial charge in [-0.05, 0) is 12.1 Å². The van der Waals surface area contributed by atoms with Crippen LogP contribution in [0.3, 0.4) is 0 Å². The summed E-state index contributed by atoms with van der Waals surface area (Å²) in [7, 11) is 1.76. The summed E-state index contributed by atoms with van der Waals surface area (Å²) in [5, 5.41) is 13.0. The van der Waals surface area contributed by atoms with E-state index in [1.54, 1.807) is 36.3 Å².